The van der Waals surface area contributed by atoms with Gasteiger partial charge in [0.05, 0.1) is 34.9 Å². The molecule has 0 fully saturated rings. The van der Waals surface area contributed by atoms with Crippen LogP contribution in [-0.4, -0.2) is 40.3 Å². The number of carbonyl (C=O) groups excluding carboxylic acids is 2. The third kappa shape index (κ3) is 4.06. The predicted octanol–water partition coefficient (Wildman–Crippen LogP) is 2.64. The van der Waals surface area contributed by atoms with Gasteiger partial charge in [0.15, 0.2) is 23.0 Å². The van der Waals surface area contributed by atoms with Crippen LogP contribution in [0.3, 0.4) is 0 Å². The van der Waals surface area contributed by atoms with Crippen molar-refractivity contribution in [1.29, 1.82) is 0 Å². The fourth-order valence-corrected chi connectivity index (χ4v) is 3.26. The molecule has 2 aromatic rings. The minimum absolute atomic E-state index is 0.00150. The smallest absolute Gasteiger partial charge is 0.343 e. The highest BCUT2D eigenvalue weighted by Crippen LogP contribution is 2.42. The van der Waals surface area contributed by atoms with E-state index in [0.717, 1.165) is 5.56 Å². The van der Waals surface area contributed by atoms with Gasteiger partial charge in [0.1, 0.15) is 11.7 Å². The van der Waals surface area contributed by atoms with Gasteiger partial charge in [-0.25, -0.2) is 4.79 Å². The number of amides is 1. The third-order valence-corrected chi connectivity index (χ3v) is 4.69. The molecule has 1 aliphatic rings. The van der Waals surface area contributed by atoms with Crippen molar-refractivity contribution in [3.63, 3.8) is 0 Å². The minimum Gasteiger partial charge on any atom is -0.493 e. The van der Waals surface area contributed by atoms with E-state index in [4.69, 9.17) is 23.7 Å². The molecule has 0 bridgehead atoms. The number of carbonyl (C=O) groups is 2. The Hall–Kier alpha value is -3.42. The summed E-state index contributed by atoms with van der Waals surface area (Å²) in [4.78, 5) is 24.7. The summed E-state index contributed by atoms with van der Waals surface area (Å²) < 4.78 is 26.4. The number of cyclic esters (lactones) is 1. The van der Waals surface area contributed by atoms with Crippen molar-refractivity contribution in [2.45, 2.75) is 19.1 Å². The van der Waals surface area contributed by atoms with E-state index in [-0.39, 0.29) is 12.3 Å². The van der Waals surface area contributed by atoms with Crippen molar-refractivity contribution in [2.75, 3.05) is 28.4 Å². The van der Waals surface area contributed by atoms with Crippen molar-refractivity contribution >= 4 is 11.9 Å². The van der Waals surface area contributed by atoms with Crippen LogP contribution in [0.4, 0.5) is 0 Å². The predicted molar refractivity (Wildman–Crippen MR) is 104 cm³/mol. The summed E-state index contributed by atoms with van der Waals surface area (Å²) in [5.74, 6) is 1.15. The van der Waals surface area contributed by atoms with Crippen LogP contribution >= 0.6 is 0 Å². The second-order valence-corrected chi connectivity index (χ2v) is 6.33. The van der Waals surface area contributed by atoms with Gasteiger partial charge >= 0.3 is 5.97 Å². The highest BCUT2D eigenvalue weighted by Gasteiger charge is 2.36. The monoisotopic (exact) mass is 401 g/mol. The number of methoxy groups -OCH3 is 4. The first-order valence-corrected chi connectivity index (χ1v) is 8.95. The van der Waals surface area contributed by atoms with Crippen molar-refractivity contribution in [3.8, 4) is 23.0 Å². The SMILES string of the molecule is COc1ccc(CNC(=O)CC2OC(=O)c3c2ccc(OC)c3OC)cc1OC. The molecule has 0 aliphatic carbocycles. The maximum absolute atomic E-state index is 12.4. The Morgan fingerprint density at radius 1 is 0.966 bits per heavy atom. The number of fused-ring (bicyclic) bond motifs is 1. The zero-order chi connectivity index (χ0) is 21.0. The highest BCUT2D eigenvalue weighted by atomic mass is 16.6. The van der Waals surface area contributed by atoms with Crippen molar-refractivity contribution in [2.24, 2.45) is 0 Å². The molecule has 1 amide bonds. The Kier molecular flexibility index (Phi) is 6.11. The number of ether oxygens (including phenoxy) is 5. The summed E-state index contributed by atoms with van der Waals surface area (Å²) in [6.45, 7) is 0.304. The van der Waals surface area contributed by atoms with Gasteiger partial charge in [0, 0.05) is 12.1 Å². The molecule has 0 spiro atoms. The van der Waals surface area contributed by atoms with Crippen LogP contribution in [0.15, 0.2) is 30.3 Å². The summed E-state index contributed by atoms with van der Waals surface area (Å²) in [6, 6.07) is 8.81. The largest absolute Gasteiger partial charge is 0.493 e. The van der Waals surface area contributed by atoms with Crippen LogP contribution in [0.25, 0.3) is 0 Å². The second-order valence-electron chi connectivity index (χ2n) is 6.33. The van der Waals surface area contributed by atoms with Crippen LogP contribution in [0.2, 0.25) is 0 Å². The average Bonchev–Trinajstić information content (AvgIpc) is 3.06. The third-order valence-electron chi connectivity index (χ3n) is 4.69. The maximum Gasteiger partial charge on any atom is 0.343 e. The van der Waals surface area contributed by atoms with Gasteiger partial charge in [0.2, 0.25) is 5.91 Å². The lowest BCUT2D eigenvalue weighted by molar-refractivity contribution is -0.123. The highest BCUT2D eigenvalue weighted by molar-refractivity contribution is 5.98. The van der Waals surface area contributed by atoms with Gasteiger partial charge in [-0.2, -0.15) is 0 Å². The number of benzene rings is 2. The summed E-state index contributed by atoms with van der Waals surface area (Å²) in [6.07, 6.45) is -0.677. The topological polar surface area (TPSA) is 92.3 Å². The zero-order valence-electron chi connectivity index (χ0n) is 16.7. The van der Waals surface area contributed by atoms with Crippen LogP contribution in [0.5, 0.6) is 23.0 Å². The Balaban J connectivity index is 1.68. The molecule has 29 heavy (non-hydrogen) atoms. The molecule has 2 aromatic carbocycles. The lowest BCUT2D eigenvalue weighted by Gasteiger charge is -2.13. The van der Waals surface area contributed by atoms with E-state index < -0.39 is 12.1 Å². The molecule has 0 saturated carbocycles. The molecule has 1 atom stereocenters. The molecule has 8 nitrogen and oxygen atoms in total. The van der Waals surface area contributed by atoms with Gasteiger partial charge in [-0.3, -0.25) is 4.79 Å². The molecule has 8 heteroatoms. The number of hydrogen-bond donors (Lipinski definition) is 1. The molecule has 154 valence electrons. The van der Waals surface area contributed by atoms with Crippen LogP contribution < -0.4 is 24.3 Å². The molecule has 1 unspecified atom stereocenters. The number of nitrogens with one attached hydrogen (secondary N) is 1. The Morgan fingerprint density at radius 2 is 1.66 bits per heavy atom. The van der Waals surface area contributed by atoms with E-state index in [2.05, 4.69) is 5.32 Å². The Morgan fingerprint density at radius 3 is 2.31 bits per heavy atom. The number of rotatable bonds is 8. The van der Waals surface area contributed by atoms with E-state index in [0.29, 0.717) is 40.7 Å². The summed E-state index contributed by atoms with van der Waals surface area (Å²) in [5, 5.41) is 2.83. The van der Waals surface area contributed by atoms with E-state index in [1.54, 1.807) is 38.5 Å². The quantitative estimate of drug-likeness (QED) is 0.680. The zero-order valence-corrected chi connectivity index (χ0v) is 16.7. The lowest BCUT2D eigenvalue weighted by atomic mass is 10.0. The van der Waals surface area contributed by atoms with Crippen LogP contribution in [0.1, 0.15) is 34.0 Å². The standard InChI is InChI=1S/C21H23NO7/c1-25-14-7-5-12(9-17(14)27-3)11-22-18(23)10-16-13-6-8-15(26-2)20(28-4)19(13)21(24)29-16/h5-9,16H,10-11H2,1-4H3,(H,22,23). The summed E-state index contributed by atoms with van der Waals surface area (Å²) >= 11 is 0. The van der Waals surface area contributed by atoms with E-state index in [9.17, 15) is 9.59 Å². The van der Waals surface area contributed by atoms with E-state index >= 15 is 0 Å². The normalized spacial score (nSPS) is 14.6. The van der Waals surface area contributed by atoms with E-state index in [1.807, 2.05) is 6.07 Å². The second kappa shape index (κ2) is 8.72. The summed E-state index contributed by atoms with van der Waals surface area (Å²) in [5.41, 5.74) is 1.75. The van der Waals surface area contributed by atoms with Gasteiger partial charge in [-0.05, 0) is 23.8 Å². The van der Waals surface area contributed by atoms with Crippen LogP contribution in [-0.2, 0) is 16.1 Å². The van der Waals surface area contributed by atoms with Crippen molar-refractivity contribution in [3.05, 3.63) is 47.0 Å². The Bertz CT molecular complexity index is 925. The lowest BCUT2D eigenvalue weighted by Crippen LogP contribution is -2.24. The summed E-state index contributed by atoms with van der Waals surface area (Å²) in [7, 11) is 6.05. The molecular weight excluding hydrogens is 378 g/mol. The molecule has 3 rings (SSSR count). The Labute approximate surface area is 168 Å². The molecule has 1 heterocycles. The van der Waals surface area contributed by atoms with Gasteiger partial charge in [0.25, 0.3) is 0 Å². The molecular formula is C21H23NO7. The molecule has 0 radical (unpaired) electrons. The first kappa shape index (κ1) is 20.3. The van der Waals surface area contributed by atoms with E-state index in [1.165, 1.54) is 14.2 Å². The molecule has 0 aromatic heterocycles. The fraction of sp³-hybridized carbons (Fsp3) is 0.333. The van der Waals surface area contributed by atoms with Gasteiger partial charge in [-0.1, -0.05) is 12.1 Å². The average molecular weight is 401 g/mol. The maximum atomic E-state index is 12.4. The van der Waals surface area contributed by atoms with Crippen LogP contribution in [0, 0.1) is 0 Å². The minimum atomic E-state index is -0.678. The fourth-order valence-electron chi connectivity index (χ4n) is 3.26. The van der Waals surface area contributed by atoms with Gasteiger partial charge in [-0.15, -0.1) is 0 Å². The molecule has 1 aliphatic heterocycles. The number of hydrogen-bond acceptors (Lipinski definition) is 7. The van der Waals surface area contributed by atoms with Crippen molar-refractivity contribution < 1.29 is 33.3 Å². The number of esters is 1. The molecule has 0 saturated heterocycles. The first-order chi connectivity index (χ1) is 14.0. The van der Waals surface area contributed by atoms with Gasteiger partial charge < -0.3 is 29.0 Å². The van der Waals surface area contributed by atoms with Crippen molar-refractivity contribution in [1.82, 2.24) is 5.32 Å². The molecule has 1 N–H and O–H groups in total. The first-order valence-electron chi connectivity index (χ1n) is 8.95.